The number of likely N-dealkylation sites (N-methyl/N-ethyl adjacent to an activating group) is 1. The topological polar surface area (TPSA) is 84.9 Å². The van der Waals surface area contributed by atoms with Crippen molar-refractivity contribution in [3.05, 3.63) is 55.1 Å². The molecule has 0 unspecified atom stereocenters. The van der Waals surface area contributed by atoms with Crippen molar-refractivity contribution in [1.82, 2.24) is 14.9 Å². The van der Waals surface area contributed by atoms with Crippen LogP contribution in [0.2, 0.25) is 0 Å². The molecule has 1 fully saturated rings. The third kappa shape index (κ3) is 3.59. The molecule has 0 radical (unpaired) electrons. The van der Waals surface area contributed by atoms with Gasteiger partial charge in [-0.05, 0) is 32.1 Å². The maximum Gasteiger partial charge on any atom is 0.356 e. The number of aromatic nitrogens is 2. The van der Waals surface area contributed by atoms with Crippen molar-refractivity contribution in [3.8, 4) is 11.1 Å². The largest absolute Gasteiger partial charge is 0.399 e. The zero-order chi connectivity index (χ0) is 19.6. The SMILES string of the molecule is CN1CCCN(c2cncc(-c3cccnc3)c2)C2(C1)OC(=O)C=CC(=O)O2. The van der Waals surface area contributed by atoms with Gasteiger partial charge >= 0.3 is 17.8 Å². The quantitative estimate of drug-likeness (QED) is 0.727. The Labute approximate surface area is 162 Å². The highest BCUT2D eigenvalue weighted by atomic mass is 16.8. The number of carbonyl (C=O) groups is 2. The molecular weight excluding hydrogens is 360 g/mol. The number of rotatable bonds is 2. The predicted octanol–water partition coefficient (Wildman–Crippen LogP) is 1.60. The summed E-state index contributed by atoms with van der Waals surface area (Å²) in [7, 11) is 1.90. The van der Waals surface area contributed by atoms with Crippen LogP contribution in [0.15, 0.2) is 55.1 Å². The Balaban J connectivity index is 1.77. The lowest BCUT2D eigenvalue weighted by Gasteiger charge is -2.41. The van der Waals surface area contributed by atoms with Crippen molar-refractivity contribution < 1.29 is 19.1 Å². The molecule has 0 aliphatic carbocycles. The standard InChI is InChI=1S/C20H20N4O4/c1-23-8-3-9-24(20(14-23)27-18(25)5-6-19(26)28-20)17-10-16(12-22-13-17)15-4-2-7-21-11-15/h2,4-7,10-13H,3,8-9,14H2,1H3. The fraction of sp³-hybridized carbons (Fsp3) is 0.300. The average molecular weight is 380 g/mol. The van der Waals surface area contributed by atoms with E-state index in [-0.39, 0.29) is 6.54 Å². The van der Waals surface area contributed by atoms with E-state index in [1.165, 1.54) is 0 Å². The Morgan fingerprint density at radius 3 is 2.46 bits per heavy atom. The lowest BCUT2D eigenvalue weighted by molar-refractivity contribution is -0.223. The summed E-state index contributed by atoms with van der Waals surface area (Å²) in [6.45, 7) is 1.53. The fourth-order valence-electron chi connectivity index (χ4n) is 3.48. The van der Waals surface area contributed by atoms with Crippen LogP contribution < -0.4 is 4.90 Å². The van der Waals surface area contributed by atoms with Crippen LogP contribution in [0, 0.1) is 0 Å². The van der Waals surface area contributed by atoms with Crippen LogP contribution >= 0.6 is 0 Å². The second kappa shape index (κ2) is 7.40. The summed E-state index contributed by atoms with van der Waals surface area (Å²) in [6, 6.07) is 5.72. The lowest BCUT2D eigenvalue weighted by atomic mass is 10.1. The lowest BCUT2D eigenvalue weighted by Crippen LogP contribution is -2.59. The molecule has 2 aliphatic heterocycles. The van der Waals surface area contributed by atoms with Gasteiger partial charge in [-0.2, -0.15) is 0 Å². The Morgan fingerprint density at radius 2 is 1.75 bits per heavy atom. The second-order valence-corrected chi connectivity index (χ2v) is 6.80. The molecule has 4 heterocycles. The molecule has 28 heavy (non-hydrogen) atoms. The van der Waals surface area contributed by atoms with Crippen molar-refractivity contribution >= 4 is 17.6 Å². The number of esters is 2. The first-order chi connectivity index (χ1) is 13.6. The first kappa shape index (κ1) is 18.1. The molecule has 0 bridgehead atoms. The van der Waals surface area contributed by atoms with Crippen molar-refractivity contribution in [3.63, 3.8) is 0 Å². The van der Waals surface area contributed by atoms with Gasteiger partial charge in [0.25, 0.3) is 0 Å². The van der Waals surface area contributed by atoms with Crippen LogP contribution in [0.3, 0.4) is 0 Å². The molecule has 0 N–H and O–H groups in total. The van der Waals surface area contributed by atoms with E-state index in [9.17, 15) is 9.59 Å². The van der Waals surface area contributed by atoms with E-state index in [4.69, 9.17) is 9.47 Å². The molecule has 2 aromatic heterocycles. The van der Waals surface area contributed by atoms with Crippen molar-refractivity contribution in [2.45, 2.75) is 12.3 Å². The number of anilines is 1. The van der Waals surface area contributed by atoms with Crippen LogP contribution in [-0.2, 0) is 19.1 Å². The van der Waals surface area contributed by atoms with Crippen molar-refractivity contribution in [2.24, 2.45) is 0 Å². The summed E-state index contributed by atoms with van der Waals surface area (Å²) < 4.78 is 11.3. The van der Waals surface area contributed by atoms with Gasteiger partial charge < -0.3 is 9.47 Å². The van der Waals surface area contributed by atoms with Crippen LogP contribution in [0.4, 0.5) is 5.69 Å². The van der Waals surface area contributed by atoms with Gasteiger partial charge in [0.2, 0.25) is 0 Å². The third-order valence-corrected chi connectivity index (χ3v) is 4.71. The fourth-order valence-corrected chi connectivity index (χ4v) is 3.48. The van der Waals surface area contributed by atoms with Gasteiger partial charge in [0, 0.05) is 48.4 Å². The molecule has 4 rings (SSSR count). The van der Waals surface area contributed by atoms with Gasteiger partial charge in [-0.1, -0.05) is 6.07 Å². The molecule has 144 valence electrons. The maximum atomic E-state index is 12.2. The minimum Gasteiger partial charge on any atom is -0.399 e. The smallest absolute Gasteiger partial charge is 0.356 e. The molecule has 8 heteroatoms. The Kier molecular flexibility index (Phi) is 4.79. The molecule has 1 saturated heterocycles. The van der Waals surface area contributed by atoms with Gasteiger partial charge in [0.1, 0.15) is 0 Å². The van der Waals surface area contributed by atoms with Gasteiger partial charge in [0.05, 0.1) is 18.4 Å². The van der Waals surface area contributed by atoms with Crippen molar-refractivity contribution in [2.75, 3.05) is 31.6 Å². The predicted molar refractivity (Wildman–Crippen MR) is 101 cm³/mol. The molecule has 8 nitrogen and oxygen atoms in total. The Bertz CT molecular complexity index is 895. The summed E-state index contributed by atoms with van der Waals surface area (Å²) >= 11 is 0. The van der Waals surface area contributed by atoms with E-state index in [0.29, 0.717) is 12.2 Å². The molecule has 0 aromatic carbocycles. The van der Waals surface area contributed by atoms with Gasteiger partial charge in [-0.15, -0.1) is 0 Å². The number of hydrogen-bond donors (Lipinski definition) is 0. The van der Waals surface area contributed by atoms with Crippen molar-refractivity contribution in [1.29, 1.82) is 0 Å². The van der Waals surface area contributed by atoms with E-state index in [1.54, 1.807) is 29.7 Å². The van der Waals surface area contributed by atoms with Crippen LogP contribution in [0.5, 0.6) is 0 Å². The number of ether oxygens (including phenoxy) is 2. The summed E-state index contributed by atoms with van der Waals surface area (Å²) in [5.41, 5.74) is 2.47. The van der Waals surface area contributed by atoms with Gasteiger partial charge in [-0.25, -0.2) is 9.59 Å². The molecular formula is C20H20N4O4. The zero-order valence-electron chi connectivity index (χ0n) is 15.4. The van der Waals surface area contributed by atoms with Crippen LogP contribution in [0.1, 0.15) is 6.42 Å². The monoisotopic (exact) mass is 380 g/mol. The average Bonchev–Trinajstić information content (AvgIpc) is 2.94. The molecule has 0 saturated carbocycles. The van der Waals surface area contributed by atoms with E-state index < -0.39 is 17.8 Å². The number of nitrogens with zero attached hydrogens (tertiary/aromatic N) is 4. The highest BCUT2D eigenvalue weighted by Gasteiger charge is 2.48. The summed E-state index contributed by atoms with van der Waals surface area (Å²) in [6.07, 6.45) is 9.85. The van der Waals surface area contributed by atoms with E-state index in [1.807, 2.05) is 30.1 Å². The van der Waals surface area contributed by atoms with E-state index >= 15 is 0 Å². The highest BCUT2D eigenvalue weighted by Crippen LogP contribution is 2.33. The molecule has 0 amide bonds. The minimum atomic E-state index is -1.56. The highest BCUT2D eigenvalue weighted by molar-refractivity contribution is 5.93. The number of hydrogen-bond acceptors (Lipinski definition) is 8. The Hall–Kier alpha value is -3.26. The Morgan fingerprint density at radius 1 is 1.00 bits per heavy atom. The maximum absolute atomic E-state index is 12.2. The van der Waals surface area contributed by atoms with E-state index in [2.05, 4.69) is 9.97 Å². The van der Waals surface area contributed by atoms with Gasteiger partial charge in [0.15, 0.2) is 0 Å². The number of pyridine rings is 2. The van der Waals surface area contributed by atoms with Crippen LogP contribution in [-0.4, -0.2) is 59.4 Å². The summed E-state index contributed by atoms with van der Waals surface area (Å²) in [4.78, 5) is 36.6. The van der Waals surface area contributed by atoms with E-state index in [0.717, 1.165) is 36.2 Å². The summed E-state index contributed by atoms with van der Waals surface area (Å²) in [5.74, 6) is -2.80. The first-order valence-corrected chi connectivity index (χ1v) is 9.01. The summed E-state index contributed by atoms with van der Waals surface area (Å²) in [5, 5.41) is 0. The second-order valence-electron chi connectivity index (χ2n) is 6.80. The molecule has 1 spiro atoms. The molecule has 2 aromatic rings. The molecule has 0 atom stereocenters. The normalized spacial score (nSPS) is 19.7. The first-order valence-electron chi connectivity index (χ1n) is 9.01. The third-order valence-electron chi connectivity index (χ3n) is 4.71. The number of carbonyl (C=O) groups excluding carboxylic acids is 2. The zero-order valence-corrected chi connectivity index (χ0v) is 15.4. The van der Waals surface area contributed by atoms with Crippen LogP contribution in [0.25, 0.3) is 11.1 Å². The molecule has 2 aliphatic rings. The van der Waals surface area contributed by atoms with Gasteiger partial charge in [-0.3, -0.25) is 19.8 Å². The minimum absolute atomic E-state index is 0.225.